The number of anilines is 1. The first-order chi connectivity index (χ1) is 17.3. The van der Waals surface area contributed by atoms with Crippen molar-refractivity contribution in [2.75, 3.05) is 24.5 Å². The lowest BCUT2D eigenvalue weighted by molar-refractivity contribution is -0.138. The van der Waals surface area contributed by atoms with Crippen molar-refractivity contribution < 1.29 is 24.6 Å². The normalized spacial score (nSPS) is 14.0. The third kappa shape index (κ3) is 7.41. The summed E-state index contributed by atoms with van der Waals surface area (Å²) in [6, 6.07) is 10.8. The van der Waals surface area contributed by atoms with Crippen molar-refractivity contribution >= 4 is 40.9 Å². The molecule has 190 valence electrons. The fraction of sp³-hybridized carbons (Fsp3) is 0.385. The summed E-state index contributed by atoms with van der Waals surface area (Å²) < 4.78 is 0. The van der Waals surface area contributed by atoms with Gasteiger partial charge in [0.15, 0.2) is 0 Å². The lowest BCUT2D eigenvalue weighted by Crippen LogP contribution is -2.34. The summed E-state index contributed by atoms with van der Waals surface area (Å²) in [5, 5.41) is 29.7. The Kier molecular flexibility index (Phi) is 9.61. The standard InChI is InChI=1S/C26H30N4O5S/c27-16-19(25(32)33)15-20-7-9-23(36-20)18-6-8-22-17(14-18)4-3-12-30(22)13-10-24(31)29-11-2-1-5-21(28)26(34)35/h6-9,14-15,21H,1-5,10-13,28H2,(H,29,31)(H,32,33)(H,34,35)/b19-15+/t21-/m1/s1. The minimum absolute atomic E-state index is 0.0291. The summed E-state index contributed by atoms with van der Waals surface area (Å²) in [5.74, 6) is -2.27. The number of hydrogen-bond acceptors (Lipinski definition) is 7. The Morgan fingerprint density at radius 1 is 1.22 bits per heavy atom. The van der Waals surface area contributed by atoms with Gasteiger partial charge in [-0.25, -0.2) is 4.79 Å². The summed E-state index contributed by atoms with van der Waals surface area (Å²) in [6.07, 6.45) is 5.43. The highest BCUT2D eigenvalue weighted by Crippen LogP contribution is 2.35. The molecule has 1 aromatic heterocycles. The molecule has 3 rings (SSSR count). The van der Waals surface area contributed by atoms with Crippen LogP contribution in [0, 0.1) is 11.3 Å². The van der Waals surface area contributed by atoms with E-state index in [0.29, 0.717) is 43.6 Å². The summed E-state index contributed by atoms with van der Waals surface area (Å²) >= 11 is 1.43. The molecule has 0 saturated carbocycles. The van der Waals surface area contributed by atoms with Crippen molar-refractivity contribution in [2.24, 2.45) is 5.73 Å². The molecule has 10 heteroatoms. The van der Waals surface area contributed by atoms with Gasteiger partial charge in [0.05, 0.1) is 0 Å². The maximum atomic E-state index is 12.3. The lowest BCUT2D eigenvalue weighted by atomic mass is 9.98. The molecule has 5 N–H and O–H groups in total. The molecule has 2 aromatic rings. The maximum Gasteiger partial charge on any atom is 0.346 e. The molecule has 0 fully saturated rings. The fourth-order valence-corrected chi connectivity index (χ4v) is 5.04. The van der Waals surface area contributed by atoms with Crippen LogP contribution in [0.1, 0.15) is 42.5 Å². The van der Waals surface area contributed by atoms with E-state index in [2.05, 4.69) is 22.3 Å². The van der Waals surface area contributed by atoms with Gasteiger partial charge < -0.3 is 26.2 Å². The number of carboxylic acid groups (broad SMARTS) is 2. The molecule has 0 radical (unpaired) electrons. The number of carboxylic acids is 2. The first-order valence-corrected chi connectivity index (χ1v) is 12.7. The van der Waals surface area contributed by atoms with E-state index in [1.165, 1.54) is 23.0 Å². The second-order valence-corrected chi connectivity index (χ2v) is 9.77. The molecule has 1 aliphatic rings. The van der Waals surface area contributed by atoms with Gasteiger partial charge in [0.25, 0.3) is 0 Å². The molecule has 36 heavy (non-hydrogen) atoms. The van der Waals surface area contributed by atoms with E-state index < -0.39 is 18.0 Å². The third-order valence-corrected chi connectivity index (χ3v) is 7.11. The minimum Gasteiger partial charge on any atom is -0.480 e. The molecule has 9 nitrogen and oxygen atoms in total. The topological polar surface area (TPSA) is 157 Å². The molecule has 1 aliphatic heterocycles. The van der Waals surface area contributed by atoms with E-state index in [4.69, 9.17) is 21.2 Å². The van der Waals surface area contributed by atoms with Gasteiger partial charge in [-0.3, -0.25) is 9.59 Å². The molecule has 1 amide bonds. The van der Waals surface area contributed by atoms with Crippen LogP contribution < -0.4 is 16.0 Å². The number of nitriles is 1. The quantitative estimate of drug-likeness (QED) is 0.193. The van der Waals surface area contributed by atoms with Crippen LogP contribution in [-0.4, -0.2) is 53.7 Å². The smallest absolute Gasteiger partial charge is 0.346 e. The zero-order valence-electron chi connectivity index (χ0n) is 19.9. The number of carbonyl (C=O) groups is 3. The minimum atomic E-state index is -1.24. The summed E-state index contributed by atoms with van der Waals surface area (Å²) in [4.78, 5) is 38.0. The number of fused-ring (bicyclic) bond motifs is 1. The number of nitrogens with zero attached hydrogens (tertiary/aromatic N) is 2. The van der Waals surface area contributed by atoms with Crippen LogP contribution in [0.5, 0.6) is 0 Å². The van der Waals surface area contributed by atoms with Gasteiger partial charge in [-0.05, 0) is 73.6 Å². The van der Waals surface area contributed by atoms with Crippen LogP contribution in [0.4, 0.5) is 5.69 Å². The Hall–Kier alpha value is -3.68. The Balaban J connectivity index is 1.54. The number of thiophene rings is 1. The average molecular weight is 511 g/mol. The molecular formula is C26H30N4O5S. The van der Waals surface area contributed by atoms with Crippen molar-refractivity contribution in [3.8, 4) is 16.5 Å². The van der Waals surface area contributed by atoms with Gasteiger partial charge in [0, 0.05) is 41.5 Å². The maximum absolute atomic E-state index is 12.3. The van der Waals surface area contributed by atoms with Crippen LogP contribution in [0.25, 0.3) is 16.5 Å². The van der Waals surface area contributed by atoms with E-state index in [-0.39, 0.29) is 11.5 Å². The van der Waals surface area contributed by atoms with Gasteiger partial charge in [0.2, 0.25) is 5.91 Å². The molecular weight excluding hydrogens is 480 g/mol. The van der Waals surface area contributed by atoms with Crippen molar-refractivity contribution in [1.29, 1.82) is 5.26 Å². The summed E-state index contributed by atoms with van der Waals surface area (Å²) in [7, 11) is 0. The second-order valence-electron chi connectivity index (χ2n) is 8.65. The molecule has 0 spiro atoms. The third-order valence-electron chi connectivity index (χ3n) is 6.03. The number of aryl methyl sites for hydroxylation is 1. The molecule has 1 atom stereocenters. The number of amides is 1. The lowest BCUT2D eigenvalue weighted by Gasteiger charge is -2.31. The SMILES string of the molecule is N#C/C(=C\c1ccc(-c2ccc3c(c2)CCCN3CCC(=O)NCCCC[C@@H](N)C(=O)O)s1)C(=O)O. The Labute approximate surface area is 213 Å². The highest BCUT2D eigenvalue weighted by molar-refractivity contribution is 7.16. The molecule has 1 aromatic carbocycles. The second kappa shape index (κ2) is 12.9. The highest BCUT2D eigenvalue weighted by Gasteiger charge is 2.19. The van der Waals surface area contributed by atoms with Crippen molar-refractivity contribution in [3.63, 3.8) is 0 Å². The van der Waals surface area contributed by atoms with Gasteiger partial charge in [-0.2, -0.15) is 5.26 Å². The Morgan fingerprint density at radius 2 is 2.03 bits per heavy atom. The molecule has 0 aliphatic carbocycles. The van der Waals surface area contributed by atoms with Crippen LogP contribution in [0.3, 0.4) is 0 Å². The molecule has 0 saturated heterocycles. The predicted molar refractivity (Wildman–Crippen MR) is 139 cm³/mol. The number of nitrogens with one attached hydrogen (secondary N) is 1. The van der Waals surface area contributed by atoms with E-state index in [1.54, 1.807) is 6.07 Å². The van der Waals surface area contributed by atoms with E-state index in [1.807, 2.05) is 18.2 Å². The van der Waals surface area contributed by atoms with E-state index in [9.17, 15) is 14.4 Å². The van der Waals surface area contributed by atoms with E-state index in [0.717, 1.165) is 35.5 Å². The van der Waals surface area contributed by atoms with Crippen molar-refractivity contribution in [2.45, 2.75) is 44.6 Å². The van der Waals surface area contributed by atoms with Crippen LogP contribution in [0.2, 0.25) is 0 Å². The highest BCUT2D eigenvalue weighted by atomic mass is 32.1. The number of unbranched alkanes of at least 4 members (excludes halogenated alkanes) is 1. The van der Waals surface area contributed by atoms with Crippen LogP contribution in [0.15, 0.2) is 35.9 Å². The van der Waals surface area contributed by atoms with Crippen LogP contribution in [-0.2, 0) is 20.8 Å². The zero-order chi connectivity index (χ0) is 26.1. The predicted octanol–water partition coefficient (Wildman–Crippen LogP) is 3.25. The Morgan fingerprint density at radius 3 is 2.75 bits per heavy atom. The first kappa shape index (κ1) is 26.9. The largest absolute Gasteiger partial charge is 0.480 e. The van der Waals surface area contributed by atoms with E-state index >= 15 is 0 Å². The number of carbonyl (C=O) groups excluding carboxylic acids is 1. The van der Waals surface area contributed by atoms with Gasteiger partial charge in [-0.1, -0.05) is 6.07 Å². The number of hydrogen-bond donors (Lipinski definition) is 4. The van der Waals surface area contributed by atoms with Gasteiger partial charge in [-0.15, -0.1) is 11.3 Å². The number of rotatable bonds is 12. The summed E-state index contributed by atoms with van der Waals surface area (Å²) in [6.45, 7) is 2.00. The molecule has 2 heterocycles. The van der Waals surface area contributed by atoms with Crippen molar-refractivity contribution in [1.82, 2.24) is 5.32 Å². The molecule has 0 unspecified atom stereocenters. The number of benzene rings is 1. The van der Waals surface area contributed by atoms with Gasteiger partial charge >= 0.3 is 11.9 Å². The zero-order valence-corrected chi connectivity index (χ0v) is 20.7. The van der Waals surface area contributed by atoms with Crippen molar-refractivity contribution in [3.05, 3.63) is 46.3 Å². The number of aliphatic carboxylic acids is 2. The monoisotopic (exact) mass is 510 g/mol. The number of nitrogens with two attached hydrogens (primary N) is 1. The van der Waals surface area contributed by atoms with Gasteiger partial charge in [0.1, 0.15) is 17.7 Å². The fourth-order valence-electron chi connectivity index (χ4n) is 4.10. The Bertz CT molecular complexity index is 1180. The first-order valence-electron chi connectivity index (χ1n) is 11.9. The van der Waals surface area contributed by atoms with Crippen LogP contribution >= 0.6 is 11.3 Å². The average Bonchev–Trinajstić information content (AvgIpc) is 3.33. The summed E-state index contributed by atoms with van der Waals surface area (Å²) in [5.41, 5.74) is 8.55. The molecule has 0 bridgehead atoms.